The molecule has 1 aromatic carbocycles. The van der Waals surface area contributed by atoms with E-state index in [1.165, 1.54) is 6.07 Å². The molecule has 0 radical (unpaired) electrons. The van der Waals surface area contributed by atoms with Crippen LogP contribution in [0.25, 0.3) is 0 Å². The molecular formula is C21H29Cl2N5O3. The van der Waals surface area contributed by atoms with Gasteiger partial charge in [0.1, 0.15) is 5.69 Å². The van der Waals surface area contributed by atoms with Gasteiger partial charge in [0.15, 0.2) is 0 Å². The van der Waals surface area contributed by atoms with Crippen molar-refractivity contribution in [2.45, 2.75) is 39.3 Å². The molecule has 1 aromatic heterocycles. The van der Waals surface area contributed by atoms with E-state index in [2.05, 4.69) is 10.3 Å². The first kappa shape index (κ1) is 26.6. The molecule has 8 nitrogen and oxygen atoms in total. The number of hydrogen-bond donors (Lipinski definition) is 2. The number of anilines is 1. The van der Waals surface area contributed by atoms with Crippen molar-refractivity contribution in [2.75, 3.05) is 18.4 Å². The summed E-state index contributed by atoms with van der Waals surface area (Å²) in [5.41, 5.74) is 7.25. The van der Waals surface area contributed by atoms with Crippen LogP contribution in [0.2, 0.25) is 0 Å². The molecule has 1 fully saturated rings. The van der Waals surface area contributed by atoms with Gasteiger partial charge in [-0.2, -0.15) is 0 Å². The van der Waals surface area contributed by atoms with Crippen molar-refractivity contribution in [3.05, 3.63) is 64.0 Å². The third-order valence-corrected chi connectivity index (χ3v) is 5.54. The lowest BCUT2D eigenvalue weighted by Gasteiger charge is -2.42. The van der Waals surface area contributed by atoms with Crippen LogP contribution in [-0.4, -0.2) is 39.8 Å². The van der Waals surface area contributed by atoms with Gasteiger partial charge in [0.25, 0.3) is 11.6 Å². The highest BCUT2D eigenvalue weighted by Crippen LogP contribution is 2.32. The second kappa shape index (κ2) is 10.7. The third kappa shape index (κ3) is 6.06. The SMILES string of the molecule is CC(Nc1ccc(C(=O)N2CCC(N)C(C)(C)C2)cc1[N+](=O)[O-])c1ccccn1.Cl.Cl. The fourth-order valence-electron chi connectivity index (χ4n) is 3.61. The number of nitrogens with zero attached hydrogens (tertiary/aromatic N) is 3. The van der Waals surface area contributed by atoms with Gasteiger partial charge < -0.3 is 16.0 Å². The fourth-order valence-corrected chi connectivity index (χ4v) is 3.61. The zero-order chi connectivity index (χ0) is 21.2. The topological polar surface area (TPSA) is 114 Å². The number of aromatic nitrogens is 1. The Morgan fingerprint density at radius 2 is 2.03 bits per heavy atom. The molecule has 170 valence electrons. The molecule has 10 heteroatoms. The predicted molar refractivity (Wildman–Crippen MR) is 126 cm³/mol. The van der Waals surface area contributed by atoms with Crippen molar-refractivity contribution in [3.63, 3.8) is 0 Å². The molecule has 0 spiro atoms. The van der Waals surface area contributed by atoms with Gasteiger partial charge in [-0.1, -0.05) is 19.9 Å². The average Bonchev–Trinajstić information content (AvgIpc) is 2.70. The van der Waals surface area contributed by atoms with Gasteiger partial charge >= 0.3 is 0 Å². The number of carbonyl (C=O) groups is 1. The van der Waals surface area contributed by atoms with Crippen LogP contribution in [-0.2, 0) is 0 Å². The first-order valence-corrected chi connectivity index (χ1v) is 9.70. The smallest absolute Gasteiger partial charge is 0.293 e. The number of likely N-dealkylation sites (tertiary alicyclic amines) is 1. The molecule has 3 rings (SSSR count). The number of benzene rings is 1. The summed E-state index contributed by atoms with van der Waals surface area (Å²) in [6, 6.07) is 9.90. The Bertz CT molecular complexity index is 911. The van der Waals surface area contributed by atoms with Crippen molar-refractivity contribution in [1.82, 2.24) is 9.88 Å². The lowest BCUT2D eigenvalue weighted by atomic mass is 9.79. The van der Waals surface area contributed by atoms with Crippen LogP contribution in [0.5, 0.6) is 0 Å². The maximum Gasteiger partial charge on any atom is 0.293 e. The molecule has 3 N–H and O–H groups in total. The second-order valence-electron chi connectivity index (χ2n) is 8.22. The quantitative estimate of drug-likeness (QED) is 0.500. The predicted octanol–water partition coefficient (Wildman–Crippen LogP) is 4.21. The van der Waals surface area contributed by atoms with Gasteiger partial charge in [0.2, 0.25) is 0 Å². The van der Waals surface area contributed by atoms with Gasteiger partial charge in [0, 0.05) is 37.0 Å². The summed E-state index contributed by atoms with van der Waals surface area (Å²) in [5, 5.41) is 14.8. The summed E-state index contributed by atoms with van der Waals surface area (Å²) in [6.07, 6.45) is 2.39. The Labute approximate surface area is 194 Å². The fraction of sp³-hybridized carbons (Fsp3) is 0.429. The summed E-state index contributed by atoms with van der Waals surface area (Å²) in [6.45, 7) is 7.02. The number of amides is 1. The minimum Gasteiger partial charge on any atom is -0.371 e. The Balaban J connectivity index is 0.00000240. The summed E-state index contributed by atoms with van der Waals surface area (Å²) >= 11 is 0. The normalized spacial score (nSPS) is 18.2. The van der Waals surface area contributed by atoms with E-state index < -0.39 is 4.92 Å². The number of nitro benzene ring substituents is 1. The Morgan fingerprint density at radius 3 is 2.61 bits per heavy atom. The number of nitrogens with one attached hydrogen (secondary N) is 1. The number of carbonyl (C=O) groups excluding carboxylic acids is 1. The summed E-state index contributed by atoms with van der Waals surface area (Å²) < 4.78 is 0. The van der Waals surface area contributed by atoms with Gasteiger partial charge in [-0.25, -0.2) is 0 Å². The Hall–Kier alpha value is -2.42. The molecular weight excluding hydrogens is 441 g/mol. The Kier molecular flexibility index (Phi) is 9.23. The molecule has 0 aliphatic carbocycles. The van der Waals surface area contributed by atoms with Crippen LogP contribution in [0.4, 0.5) is 11.4 Å². The number of nitro groups is 1. The van der Waals surface area contributed by atoms with Crippen LogP contribution in [0.15, 0.2) is 42.6 Å². The maximum absolute atomic E-state index is 13.0. The summed E-state index contributed by atoms with van der Waals surface area (Å²) in [5.74, 6) is -0.211. The number of nitrogens with two attached hydrogens (primary N) is 1. The van der Waals surface area contributed by atoms with E-state index in [1.54, 1.807) is 23.2 Å². The molecule has 2 heterocycles. The zero-order valence-electron chi connectivity index (χ0n) is 17.8. The first-order chi connectivity index (χ1) is 13.7. The highest BCUT2D eigenvalue weighted by atomic mass is 35.5. The van der Waals surface area contributed by atoms with E-state index in [-0.39, 0.29) is 53.9 Å². The largest absolute Gasteiger partial charge is 0.371 e. The number of piperidine rings is 1. The van der Waals surface area contributed by atoms with Crippen molar-refractivity contribution in [2.24, 2.45) is 11.1 Å². The molecule has 0 bridgehead atoms. The number of halogens is 2. The molecule has 2 aromatic rings. The van der Waals surface area contributed by atoms with Crippen LogP contribution >= 0.6 is 24.8 Å². The summed E-state index contributed by atoms with van der Waals surface area (Å²) in [4.78, 5) is 30.1. The van der Waals surface area contributed by atoms with Crippen LogP contribution in [0, 0.1) is 15.5 Å². The van der Waals surface area contributed by atoms with E-state index in [9.17, 15) is 14.9 Å². The van der Waals surface area contributed by atoms with Crippen LogP contribution in [0.3, 0.4) is 0 Å². The first-order valence-electron chi connectivity index (χ1n) is 9.70. The van der Waals surface area contributed by atoms with Crippen molar-refractivity contribution in [1.29, 1.82) is 0 Å². The van der Waals surface area contributed by atoms with Gasteiger partial charge in [-0.15, -0.1) is 24.8 Å². The van der Waals surface area contributed by atoms with E-state index in [0.717, 1.165) is 5.69 Å². The molecule has 1 aliphatic heterocycles. The van der Waals surface area contributed by atoms with Crippen LogP contribution in [0.1, 0.15) is 49.3 Å². The summed E-state index contributed by atoms with van der Waals surface area (Å²) in [7, 11) is 0. The van der Waals surface area contributed by atoms with Crippen LogP contribution < -0.4 is 11.1 Å². The van der Waals surface area contributed by atoms with Crippen molar-refractivity contribution < 1.29 is 9.72 Å². The molecule has 1 amide bonds. The molecule has 0 saturated carbocycles. The second-order valence-corrected chi connectivity index (χ2v) is 8.22. The zero-order valence-corrected chi connectivity index (χ0v) is 19.4. The van der Waals surface area contributed by atoms with Crippen molar-refractivity contribution >= 4 is 42.1 Å². The lowest BCUT2D eigenvalue weighted by molar-refractivity contribution is -0.384. The molecule has 2 atom stereocenters. The number of pyridine rings is 1. The molecule has 1 aliphatic rings. The van der Waals surface area contributed by atoms with Gasteiger partial charge in [-0.3, -0.25) is 19.9 Å². The van der Waals surface area contributed by atoms with E-state index in [1.807, 2.05) is 39.0 Å². The molecule has 1 saturated heterocycles. The minimum atomic E-state index is -0.472. The third-order valence-electron chi connectivity index (χ3n) is 5.54. The lowest BCUT2D eigenvalue weighted by Crippen LogP contribution is -2.54. The molecule has 31 heavy (non-hydrogen) atoms. The van der Waals surface area contributed by atoms with E-state index in [0.29, 0.717) is 30.8 Å². The standard InChI is InChI=1S/C21H27N5O3.2ClH/c1-14(16-6-4-5-10-23-16)24-17-8-7-15(12-18(17)26(28)29)20(27)25-11-9-19(22)21(2,3)13-25;;/h4-8,10,12,14,19,24H,9,11,13,22H2,1-3H3;2*1H. The van der Waals surface area contributed by atoms with E-state index >= 15 is 0 Å². The van der Waals surface area contributed by atoms with Gasteiger partial charge in [0.05, 0.1) is 16.7 Å². The monoisotopic (exact) mass is 469 g/mol. The highest BCUT2D eigenvalue weighted by Gasteiger charge is 2.36. The van der Waals surface area contributed by atoms with Crippen molar-refractivity contribution in [3.8, 4) is 0 Å². The molecule has 2 unspecified atom stereocenters. The minimum absolute atomic E-state index is 0. The average molecular weight is 470 g/mol. The van der Waals surface area contributed by atoms with E-state index in [4.69, 9.17) is 5.73 Å². The number of hydrogen-bond acceptors (Lipinski definition) is 6. The number of rotatable bonds is 5. The highest BCUT2D eigenvalue weighted by molar-refractivity contribution is 5.96. The Morgan fingerprint density at radius 1 is 1.32 bits per heavy atom. The maximum atomic E-state index is 13.0. The van der Waals surface area contributed by atoms with Gasteiger partial charge in [-0.05, 0) is 43.0 Å².